The lowest BCUT2D eigenvalue weighted by atomic mass is 10.1. The van der Waals surface area contributed by atoms with Crippen LogP contribution in [0.3, 0.4) is 0 Å². The minimum atomic E-state index is 0.0125. The molecule has 0 unspecified atom stereocenters. The van der Waals surface area contributed by atoms with Crippen LogP contribution in [0.5, 0.6) is 0 Å². The maximum atomic E-state index is 12.7. The second-order valence-electron chi connectivity index (χ2n) is 7.11. The Morgan fingerprint density at radius 2 is 2.00 bits per heavy atom. The second-order valence-corrected chi connectivity index (χ2v) is 8.11. The highest BCUT2D eigenvalue weighted by molar-refractivity contribution is 7.10. The zero-order valence-electron chi connectivity index (χ0n) is 15.9. The zero-order chi connectivity index (χ0) is 18.8. The number of thiophene rings is 1. The van der Waals surface area contributed by atoms with E-state index in [1.54, 1.807) is 0 Å². The van der Waals surface area contributed by atoms with Crippen molar-refractivity contribution in [1.82, 2.24) is 14.8 Å². The molecular weight excluding hydrogens is 354 g/mol. The number of aryl methyl sites for hydroxylation is 1. The predicted octanol–water partition coefficient (Wildman–Crippen LogP) is 3.94. The molecule has 0 bridgehead atoms. The number of hydrogen-bond donors (Lipinski definition) is 1. The van der Waals surface area contributed by atoms with E-state index in [1.165, 1.54) is 10.4 Å². The molecule has 4 rings (SSSR count). The fourth-order valence-corrected chi connectivity index (χ4v) is 4.78. The van der Waals surface area contributed by atoms with E-state index >= 15 is 0 Å². The molecule has 27 heavy (non-hydrogen) atoms. The summed E-state index contributed by atoms with van der Waals surface area (Å²) in [5.41, 5.74) is 5.35. The minimum absolute atomic E-state index is 0.0125. The van der Waals surface area contributed by atoms with Crippen LogP contribution < -0.4 is 5.32 Å². The number of carbonyl (C=O) groups excluding carboxylic acids is 1. The van der Waals surface area contributed by atoms with E-state index in [0.717, 1.165) is 48.7 Å². The number of fused-ring (bicyclic) bond motifs is 1. The molecule has 1 aliphatic rings. The highest BCUT2D eigenvalue weighted by atomic mass is 32.1. The molecule has 0 aliphatic carbocycles. The first-order valence-corrected chi connectivity index (χ1v) is 10.3. The molecular formula is C22H25N3OS. The summed E-state index contributed by atoms with van der Waals surface area (Å²) in [7, 11) is 0. The van der Waals surface area contributed by atoms with E-state index < -0.39 is 0 Å². The van der Waals surface area contributed by atoms with Crippen molar-refractivity contribution in [2.24, 2.45) is 0 Å². The molecule has 0 radical (unpaired) electrons. The van der Waals surface area contributed by atoms with Gasteiger partial charge in [0.15, 0.2) is 0 Å². The third-order valence-electron chi connectivity index (χ3n) is 5.29. The quantitative estimate of drug-likeness (QED) is 0.729. The average molecular weight is 380 g/mol. The summed E-state index contributed by atoms with van der Waals surface area (Å²) in [5.74, 6) is 0.0125. The molecule has 1 aliphatic heterocycles. The van der Waals surface area contributed by atoms with Gasteiger partial charge >= 0.3 is 0 Å². The Kier molecular flexibility index (Phi) is 5.14. The van der Waals surface area contributed by atoms with Crippen LogP contribution in [0, 0.1) is 13.8 Å². The molecule has 4 nitrogen and oxygen atoms in total. The molecule has 3 aromatic rings. The topological polar surface area (TPSA) is 37.3 Å². The summed E-state index contributed by atoms with van der Waals surface area (Å²) in [6.45, 7) is 7.69. The van der Waals surface area contributed by atoms with Crippen LogP contribution in [0.2, 0.25) is 0 Å². The third-order valence-corrected chi connectivity index (χ3v) is 6.31. The zero-order valence-corrected chi connectivity index (χ0v) is 16.7. The third kappa shape index (κ3) is 3.70. The fraction of sp³-hybridized carbons (Fsp3) is 0.318. The summed E-state index contributed by atoms with van der Waals surface area (Å²) in [4.78, 5) is 16.7. The van der Waals surface area contributed by atoms with E-state index in [9.17, 15) is 4.79 Å². The van der Waals surface area contributed by atoms with Gasteiger partial charge in [0.2, 0.25) is 0 Å². The van der Waals surface area contributed by atoms with Crippen molar-refractivity contribution in [1.29, 1.82) is 0 Å². The van der Waals surface area contributed by atoms with Crippen molar-refractivity contribution in [2.45, 2.75) is 26.8 Å². The maximum absolute atomic E-state index is 12.7. The Morgan fingerprint density at radius 1 is 1.19 bits per heavy atom. The highest BCUT2D eigenvalue weighted by Crippen LogP contribution is 2.24. The van der Waals surface area contributed by atoms with Gasteiger partial charge in [-0.15, -0.1) is 11.3 Å². The van der Waals surface area contributed by atoms with Crippen molar-refractivity contribution in [3.8, 4) is 5.69 Å². The Morgan fingerprint density at radius 3 is 2.81 bits per heavy atom. The van der Waals surface area contributed by atoms with Gasteiger partial charge in [-0.1, -0.05) is 18.2 Å². The van der Waals surface area contributed by atoms with Gasteiger partial charge in [-0.2, -0.15) is 0 Å². The van der Waals surface area contributed by atoms with Crippen LogP contribution in [0.1, 0.15) is 32.2 Å². The molecule has 0 fully saturated rings. The molecule has 0 atom stereocenters. The minimum Gasteiger partial charge on any atom is -0.351 e. The van der Waals surface area contributed by atoms with Crippen molar-refractivity contribution in [2.75, 3.05) is 19.6 Å². The second kappa shape index (κ2) is 7.71. The van der Waals surface area contributed by atoms with Crippen LogP contribution in [0.15, 0.2) is 47.8 Å². The molecule has 1 aromatic carbocycles. The number of carbonyl (C=O) groups is 1. The summed E-state index contributed by atoms with van der Waals surface area (Å²) >= 11 is 1.86. The first kappa shape index (κ1) is 18.0. The van der Waals surface area contributed by atoms with Gasteiger partial charge < -0.3 is 9.88 Å². The molecule has 0 saturated heterocycles. The van der Waals surface area contributed by atoms with Crippen LogP contribution >= 0.6 is 11.3 Å². The van der Waals surface area contributed by atoms with Gasteiger partial charge in [0.05, 0.1) is 5.56 Å². The Hall–Kier alpha value is -2.37. The predicted molar refractivity (Wildman–Crippen MR) is 111 cm³/mol. The summed E-state index contributed by atoms with van der Waals surface area (Å²) in [5, 5.41) is 5.28. The van der Waals surface area contributed by atoms with Gasteiger partial charge in [-0.25, -0.2) is 0 Å². The molecule has 0 saturated carbocycles. The molecule has 0 spiro atoms. The lowest BCUT2D eigenvalue weighted by Crippen LogP contribution is -2.37. The first-order chi connectivity index (χ1) is 13.1. The van der Waals surface area contributed by atoms with E-state index in [-0.39, 0.29) is 5.91 Å². The summed E-state index contributed by atoms with van der Waals surface area (Å²) in [6, 6.07) is 14.4. The van der Waals surface area contributed by atoms with Crippen LogP contribution in [0.25, 0.3) is 5.69 Å². The Balaban J connectivity index is 1.38. The standard InChI is InChI=1S/C22H25N3OS/c1-16-14-20(17(2)25(16)19-6-4-3-5-7-19)22(26)23-10-12-24-11-8-21-18(15-24)9-13-27-21/h3-7,9,13-14H,8,10-12,15H2,1-2H3,(H,23,26). The summed E-state index contributed by atoms with van der Waals surface area (Å²) < 4.78 is 2.14. The number of hydrogen-bond acceptors (Lipinski definition) is 3. The number of aromatic nitrogens is 1. The average Bonchev–Trinajstić information content (AvgIpc) is 3.26. The van der Waals surface area contributed by atoms with E-state index in [2.05, 4.69) is 38.4 Å². The lowest BCUT2D eigenvalue weighted by molar-refractivity contribution is 0.0947. The molecule has 140 valence electrons. The monoisotopic (exact) mass is 379 g/mol. The smallest absolute Gasteiger partial charge is 0.253 e. The Bertz CT molecular complexity index is 942. The van der Waals surface area contributed by atoms with E-state index in [4.69, 9.17) is 0 Å². The van der Waals surface area contributed by atoms with Crippen molar-refractivity contribution < 1.29 is 4.79 Å². The molecule has 1 amide bonds. The van der Waals surface area contributed by atoms with Gasteiger partial charge in [0, 0.05) is 48.1 Å². The normalized spacial score (nSPS) is 14.1. The van der Waals surface area contributed by atoms with Crippen molar-refractivity contribution in [3.05, 3.63) is 75.2 Å². The SMILES string of the molecule is Cc1cc(C(=O)NCCN2CCc3sccc3C2)c(C)n1-c1ccccc1. The Labute approximate surface area is 164 Å². The van der Waals surface area contributed by atoms with Gasteiger partial charge in [-0.3, -0.25) is 9.69 Å². The highest BCUT2D eigenvalue weighted by Gasteiger charge is 2.19. The number of benzene rings is 1. The summed E-state index contributed by atoms with van der Waals surface area (Å²) in [6.07, 6.45) is 1.12. The van der Waals surface area contributed by atoms with Crippen LogP contribution in [0.4, 0.5) is 0 Å². The molecule has 2 aromatic heterocycles. The van der Waals surface area contributed by atoms with Crippen LogP contribution in [-0.4, -0.2) is 35.0 Å². The van der Waals surface area contributed by atoms with E-state index in [0.29, 0.717) is 6.54 Å². The van der Waals surface area contributed by atoms with Gasteiger partial charge in [0.1, 0.15) is 0 Å². The fourth-order valence-electron chi connectivity index (χ4n) is 3.89. The number of nitrogens with zero attached hydrogens (tertiary/aromatic N) is 2. The number of para-hydroxylation sites is 1. The van der Waals surface area contributed by atoms with Crippen molar-refractivity contribution in [3.63, 3.8) is 0 Å². The molecule has 1 N–H and O–H groups in total. The van der Waals surface area contributed by atoms with Gasteiger partial charge in [0.25, 0.3) is 5.91 Å². The van der Waals surface area contributed by atoms with Crippen LogP contribution in [-0.2, 0) is 13.0 Å². The lowest BCUT2D eigenvalue weighted by Gasteiger charge is -2.26. The largest absolute Gasteiger partial charge is 0.351 e. The number of amides is 1. The van der Waals surface area contributed by atoms with E-state index in [1.807, 2.05) is 49.4 Å². The first-order valence-electron chi connectivity index (χ1n) is 9.43. The van der Waals surface area contributed by atoms with Gasteiger partial charge in [-0.05, 0) is 55.5 Å². The van der Waals surface area contributed by atoms with Crippen molar-refractivity contribution >= 4 is 17.2 Å². The number of nitrogens with one attached hydrogen (secondary N) is 1. The molecule has 3 heterocycles. The number of rotatable bonds is 5. The molecule has 5 heteroatoms. The maximum Gasteiger partial charge on any atom is 0.253 e.